The minimum absolute atomic E-state index is 0.173. The van der Waals surface area contributed by atoms with E-state index in [1.807, 2.05) is 13.0 Å². The molecule has 108 valence electrons. The van der Waals surface area contributed by atoms with Crippen molar-refractivity contribution < 1.29 is 9.59 Å². The van der Waals surface area contributed by atoms with E-state index in [4.69, 9.17) is 0 Å². The molecule has 2 aromatic heterocycles. The Balaban J connectivity index is 1.75. The van der Waals surface area contributed by atoms with Crippen LogP contribution in [0.2, 0.25) is 0 Å². The van der Waals surface area contributed by atoms with E-state index in [-0.39, 0.29) is 18.4 Å². The fourth-order valence-corrected chi connectivity index (χ4v) is 2.72. The zero-order chi connectivity index (χ0) is 15.3. The minimum Gasteiger partial charge on any atom is -0.269 e. The number of fused-ring (bicyclic) bond motifs is 2. The summed E-state index contributed by atoms with van der Waals surface area (Å²) in [6.45, 7) is 2.05. The van der Waals surface area contributed by atoms with Gasteiger partial charge in [0.1, 0.15) is 0 Å². The van der Waals surface area contributed by atoms with E-state index in [0.29, 0.717) is 16.8 Å². The highest BCUT2D eigenvalue weighted by Crippen LogP contribution is 2.24. The Labute approximate surface area is 126 Å². The molecule has 0 radical (unpaired) electrons. The van der Waals surface area contributed by atoms with Crippen LogP contribution in [0.15, 0.2) is 42.6 Å². The molecule has 0 aliphatic carbocycles. The normalized spacial score (nSPS) is 14.0. The molecule has 0 fully saturated rings. The number of hydrogen-bond acceptors (Lipinski definition) is 4. The van der Waals surface area contributed by atoms with Crippen LogP contribution < -0.4 is 0 Å². The Bertz CT molecular complexity index is 894. The first-order valence-electron chi connectivity index (χ1n) is 6.90. The molecule has 6 nitrogen and oxygen atoms in total. The molecule has 1 aromatic carbocycles. The van der Waals surface area contributed by atoms with Gasteiger partial charge in [0.25, 0.3) is 11.8 Å². The summed E-state index contributed by atoms with van der Waals surface area (Å²) in [5.41, 5.74) is 3.19. The maximum absolute atomic E-state index is 12.4. The number of nitrogens with zero attached hydrogens (tertiary/aromatic N) is 4. The second kappa shape index (κ2) is 4.49. The molecular weight excluding hydrogens is 280 g/mol. The predicted molar refractivity (Wildman–Crippen MR) is 78.4 cm³/mol. The lowest BCUT2D eigenvalue weighted by molar-refractivity contribution is 0.0639. The van der Waals surface area contributed by atoms with Gasteiger partial charge in [0.05, 0.1) is 29.1 Å². The van der Waals surface area contributed by atoms with Gasteiger partial charge in [0, 0.05) is 12.3 Å². The number of hydrogen-bond donors (Lipinski definition) is 0. The zero-order valence-electron chi connectivity index (χ0n) is 11.9. The number of benzene rings is 1. The van der Waals surface area contributed by atoms with E-state index in [1.54, 1.807) is 41.0 Å². The number of aryl methyl sites for hydroxylation is 1. The summed E-state index contributed by atoms with van der Waals surface area (Å²) >= 11 is 0. The van der Waals surface area contributed by atoms with Gasteiger partial charge >= 0.3 is 0 Å². The number of imide groups is 1. The molecule has 0 unspecified atom stereocenters. The number of aromatic nitrogens is 3. The van der Waals surface area contributed by atoms with Crippen LogP contribution in [0.4, 0.5) is 0 Å². The number of carbonyl (C=O) groups is 2. The molecule has 3 heterocycles. The van der Waals surface area contributed by atoms with Crippen molar-refractivity contribution in [2.45, 2.75) is 13.5 Å². The lowest BCUT2D eigenvalue weighted by Crippen LogP contribution is -2.30. The lowest BCUT2D eigenvalue weighted by atomic mass is 10.1. The highest BCUT2D eigenvalue weighted by atomic mass is 16.2. The quantitative estimate of drug-likeness (QED) is 0.676. The molecular formula is C16H12N4O2. The Kier molecular flexibility index (Phi) is 2.59. The molecule has 4 rings (SSSR count). The second-order valence-corrected chi connectivity index (χ2v) is 5.23. The molecule has 0 spiro atoms. The molecule has 1 aliphatic rings. The van der Waals surface area contributed by atoms with E-state index in [0.717, 1.165) is 11.4 Å². The van der Waals surface area contributed by atoms with Crippen LogP contribution in [0, 0.1) is 6.92 Å². The van der Waals surface area contributed by atoms with Crippen molar-refractivity contribution in [3.05, 3.63) is 65.1 Å². The fraction of sp³-hybridized carbons (Fsp3) is 0.125. The van der Waals surface area contributed by atoms with E-state index in [2.05, 4.69) is 10.1 Å². The largest absolute Gasteiger partial charge is 0.269 e. The van der Waals surface area contributed by atoms with E-state index >= 15 is 0 Å². The summed E-state index contributed by atoms with van der Waals surface area (Å²) < 4.78 is 1.67. The Hall–Kier alpha value is -3.02. The van der Waals surface area contributed by atoms with Crippen molar-refractivity contribution in [3.8, 4) is 0 Å². The van der Waals surface area contributed by atoms with Gasteiger partial charge in [-0.3, -0.25) is 14.5 Å². The third-order valence-electron chi connectivity index (χ3n) is 3.76. The van der Waals surface area contributed by atoms with Crippen LogP contribution in [0.25, 0.3) is 5.65 Å². The molecule has 0 saturated heterocycles. The van der Waals surface area contributed by atoms with Gasteiger partial charge < -0.3 is 0 Å². The summed E-state index contributed by atoms with van der Waals surface area (Å²) in [5.74, 6) is -0.538. The average molecular weight is 292 g/mol. The topological polar surface area (TPSA) is 67.6 Å². The Morgan fingerprint density at radius 1 is 1.05 bits per heavy atom. The maximum atomic E-state index is 12.4. The Morgan fingerprint density at radius 2 is 1.73 bits per heavy atom. The highest BCUT2D eigenvalue weighted by Gasteiger charge is 2.35. The molecule has 2 amide bonds. The van der Waals surface area contributed by atoms with Crippen LogP contribution in [-0.4, -0.2) is 31.3 Å². The molecule has 0 bridgehead atoms. The van der Waals surface area contributed by atoms with E-state index < -0.39 is 0 Å². The van der Waals surface area contributed by atoms with Crippen LogP contribution in [-0.2, 0) is 6.54 Å². The highest BCUT2D eigenvalue weighted by molar-refractivity contribution is 6.21. The monoisotopic (exact) mass is 292 g/mol. The smallest absolute Gasteiger partial charge is 0.261 e. The zero-order valence-corrected chi connectivity index (χ0v) is 11.9. The maximum Gasteiger partial charge on any atom is 0.261 e. The van der Waals surface area contributed by atoms with E-state index in [9.17, 15) is 9.59 Å². The first-order chi connectivity index (χ1) is 10.6. The molecule has 0 N–H and O–H groups in total. The SMILES string of the molecule is Cc1cc2nccc(CN3C(=O)c4ccccc4C3=O)n2n1. The van der Waals surface area contributed by atoms with Gasteiger partial charge in [-0.2, -0.15) is 5.10 Å². The van der Waals surface area contributed by atoms with E-state index in [1.165, 1.54) is 4.90 Å². The van der Waals surface area contributed by atoms with Crippen LogP contribution in [0.1, 0.15) is 32.1 Å². The summed E-state index contributed by atoms with van der Waals surface area (Å²) in [7, 11) is 0. The lowest BCUT2D eigenvalue weighted by Gasteiger charge is -2.14. The number of carbonyl (C=O) groups excluding carboxylic acids is 2. The predicted octanol–water partition coefficient (Wildman–Crippen LogP) is 1.83. The van der Waals surface area contributed by atoms with Crippen LogP contribution in [0.3, 0.4) is 0 Å². The number of rotatable bonds is 2. The summed E-state index contributed by atoms with van der Waals surface area (Å²) in [4.78, 5) is 30.3. The molecule has 22 heavy (non-hydrogen) atoms. The number of amides is 2. The van der Waals surface area contributed by atoms with Crippen molar-refractivity contribution in [1.29, 1.82) is 0 Å². The first kappa shape index (κ1) is 12.7. The summed E-state index contributed by atoms with van der Waals surface area (Å²) in [6, 6.07) is 10.5. The molecule has 0 atom stereocenters. The second-order valence-electron chi connectivity index (χ2n) is 5.23. The minimum atomic E-state index is -0.269. The average Bonchev–Trinajstić information content (AvgIpc) is 3.01. The van der Waals surface area contributed by atoms with Crippen molar-refractivity contribution in [1.82, 2.24) is 19.5 Å². The van der Waals surface area contributed by atoms with Gasteiger partial charge in [0.15, 0.2) is 5.65 Å². The van der Waals surface area contributed by atoms with Gasteiger partial charge in [-0.15, -0.1) is 0 Å². The third kappa shape index (κ3) is 1.74. The van der Waals surface area contributed by atoms with Crippen molar-refractivity contribution >= 4 is 17.5 Å². The summed E-state index contributed by atoms with van der Waals surface area (Å²) in [6.07, 6.45) is 1.66. The van der Waals surface area contributed by atoms with Crippen molar-refractivity contribution in [2.75, 3.05) is 0 Å². The van der Waals surface area contributed by atoms with Gasteiger partial charge in [-0.25, -0.2) is 9.50 Å². The first-order valence-corrected chi connectivity index (χ1v) is 6.90. The molecule has 3 aromatic rings. The summed E-state index contributed by atoms with van der Waals surface area (Å²) in [5, 5.41) is 4.36. The molecule has 0 saturated carbocycles. The van der Waals surface area contributed by atoms with Gasteiger partial charge in [-0.1, -0.05) is 12.1 Å². The standard InChI is InChI=1S/C16H12N4O2/c1-10-8-14-17-7-6-11(20(14)18-10)9-19-15(21)12-4-2-3-5-13(12)16(19)22/h2-8H,9H2,1H3. The Morgan fingerprint density at radius 3 is 2.41 bits per heavy atom. The fourth-order valence-electron chi connectivity index (χ4n) is 2.72. The van der Waals surface area contributed by atoms with Gasteiger partial charge in [0.2, 0.25) is 0 Å². The molecule has 1 aliphatic heterocycles. The van der Waals surface area contributed by atoms with Crippen LogP contribution in [0.5, 0.6) is 0 Å². The van der Waals surface area contributed by atoms with Crippen molar-refractivity contribution in [3.63, 3.8) is 0 Å². The third-order valence-corrected chi connectivity index (χ3v) is 3.76. The molecule has 6 heteroatoms. The van der Waals surface area contributed by atoms with Crippen molar-refractivity contribution in [2.24, 2.45) is 0 Å². The van der Waals surface area contributed by atoms with Gasteiger partial charge in [-0.05, 0) is 25.1 Å². The van der Waals surface area contributed by atoms with Crippen LogP contribution >= 0.6 is 0 Å².